The maximum Gasteiger partial charge on any atom is 0.255 e. The molecule has 6 rings (SSSR count). The number of carbonyl (C=O) groups excluding carboxylic acids is 1. The van der Waals surface area contributed by atoms with Gasteiger partial charge in [0.05, 0.1) is 30.3 Å². The zero-order valence-electron chi connectivity index (χ0n) is 23.6. The number of fused-ring (bicyclic) bond motifs is 2. The van der Waals surface area contributed by atoms with Crippen LogP contribution in [0.4, 0.5) is 10.1 Å². The number of amides is 1. The van der Waals surface area contributed by atoms with E-state index in [1.54, 1.807) is 23.5 Å². The molecule has 8 nitrogen and oxygen atoms in total. The van der Waals surface area contributed by atoms with Crippen LogP contribution in [0.15, 0.2) is 83.3 Å². The van der Waals surface area contributed by atoms with Crippen LogP contribution in [0.1, 0.15) is 10.4 Å². The van der Waals surface area contributed by atoms with Crippen molar-refractivity contribution >= 4 is 54.0 Å². The summed E-state index contributed by atoms with van der Waals surface area (Å²) in [5, 5.41) is 4.19. The van der Waals surface area contributed by atoms with Crippen molar-refractivity contribution in [3.63, 3.8) is 0 Å². The number of hydrogen-bond donors (Lipinski definition) is 1. The van der Waals surface area contributed by atoms with E-state index in [-0.39, 0.29) is 16.9 Å². The van der Waals surface area contributed by atoms with Crippen molar-refractivity contribution < 1.29 is 26.8 Å². The van der Waals surface area contributed by atoms with E-state index in [0.29, 0.717) is 33.8 Å². The molecule has 218 valence electrons. The van der Waals surface area contributed by atoms with E-state index in [2.05, 4.69) is 11.4 Å². The predicted molar refractivity (Wildman–Crippen MR) is 169 cm³/mol. The number of benzene rings is 3. The first kappa shape index (κ1) is 28.4. The number of nitrogens with one attached hydrogen (secondary N) is 1. The molecule has 11 heteroatoms. The van der Waals surface area contributed by atoms with Crippen molar-refractivity contribution in [3.8, 4) is 38.9 Å². The summed E-state index contributed by atoms with van der Waals surface area (Å²) in [5.41, 5.74) is 3.00. The van der Waals surface area contributed by atoms with Gasteiger partial charge in [0.1, 0.15) is 17.2 Å². The van der Waals surface area contributed by atoms with E-state index in [1.807, 2.05) is 36.4 Å². The molecule has 0 unspecified atom stereocenters. The van der Waals surface area contributed by atoms with Gasteiger partial charge in [-0.1, -0.05) is 18.2 Å². The SMILES string of the molecule is CNC(=O)c1c(-c2ccc(F)cc2)oc2cc(N(C)S(C)(=O)=O)c(-c3cc(-c4cc5ccccc5s4)cc(OC)n3)cc12. The third-order valence-electron chi connectivity index (χ3n) is 7.20. The number of nitrogens with zero attached hydrogens (tertiary/aromatic N) is 2. The van der Waals surface area contributed by atoms with Gasteiger partial charge < -0.3 is 14.5 Å². The summed E-state index contributed by atoms with van der Waals surface area (Å²) in [6.07, 6.45) is 1.10. The lowest BCUT2D eigenvalue weighted by molar-refractivity contribution is 0.0964. The minimum Gasteiger partial charge on any atom is -0.481 e. The van der Waals surface area contributed by atoms with E-state index >= 15 is 0 Å². The molecule has 6 aromatic rings. The number of anilines is 1. The summed E-state index contributed by atoms with van der Waals surface area (Å²) in [7, 11) is 0.743. The minimum absolute atomic E-state index is 0.226. The molecule has 3 heterocycles. The first-order valence-corrected chi connectivity index (χ1v) is 15.8. The fourth-order valence-electron chi connectivity index (χ4n) is 4.95. The second-order valence-electron chi connectivity index (χ2n) is 9.92. The van der Waals surface area contributed by atoms with E-state index in [4.69, 9.17) is 14.1 Å². The Labute approximate surface area is 251 Å². The summed E-state index contributed by atoms with van der Waals surface area (Å²) in [5.74, 6) is -0.287. The Bertz CT molecular complexity index is 2100. The molecular formula is C32H26FN3O5S2. The number of halogens is 1. The maximum absolute atomic E-state index is 13.7. The molecule has 0 saturated carbocycles. The van der Waals surface area contributed by atoms with Gasteiger partial charge in [-0.3, -0.25) is 9.10 Å². The van der Waals surface area contributed by atoms with E-state index in [9.17, 15) is 17.6 Å². The Hall–Kier alpha value is -4.74. The number of rotatable bonds is 7. The molecule has 0 aliphatic carbocycles. The van der Waals surface area contributed by atoms with Crippen molar-refractivity contribution in [2.24, 2.45) is 0 Å². The Morgan fingerprint density at radius 2 is 1.77 bits per heavy atom. The van der Waals surface area contributed by atoms with Crippen molar-refractivity contribution in [2.75, 3.05) is 31.8 Å². The zero-order chi connectivity index (χ0) is 30.5. The van der Waals surface area contributed by atoms with E-state index < -0.39 is 21.7 Å². The van der Waals surface area contributed by atoms with Crippen LogP contribution >= 0.6 is 11.3 Å². The molecule has 1 N–H and O–H groups in total. The van der Waals surface area contributed by atoms with Crippen molar-refractivity contribution in [1.82, 2.24) is 10.3 Å². The van der Waals surface area contributed by atoms with Crippen LogP contribution in [0.3, 0.4) is 0 Å². The van der Waals surface area contributed by atoms with Crippen LogP contribution in [0, 0.1) is 5.82 Å². The molecule has 0 saturated heterocycles. The van der Waals surface area contributed by atoms with Crippen LogP contribution in [-0.2, 0) is 10.0 Å². The van der Waals surface area contributed by atoms with Gasteiger partial charge in [0.15, 0.2) is 0 Å². The number of methoxy groups -OCH3 is 1. The molecule has 1 amide bonds. The van der Waals surface area contributed by atoms with Gasteiger partial charge >= 0.3 is 0 Å². The number of ether oxygens (including phenoxy) is 1. The standard InChI is InChI=1S/C32H26FN3O5S2/c1-34-32(37)30-23-16-22(24-13-20(15-29(35-24)40-3)28-14-19-7-5-6-8-27(19)42-28)25(36(2)43(4,38)39)17-26(23)41-31(30)18-9-11-21(33)12-10-18/h5-17H,1-4H3,(H,34,37). The fraction of sp³-hybridized carbons (Fsp3) is 0.125. The van der Waals surface area contributed by atoms with Crippen molar-refractivity contribution in [1.29, 1.82) is 0 Å². The number of hydrogen-bond acceptors (Lipinski definition) is 7. The van der Waals surface area contributed by atoms with Crippen LogP contribution in [0.2, 0.25) is 0 Å². The van der Waals surface area contributed by atoms with Crippen LogP contribution in [0.25, 0.3) is 54.1 Å². The number of sulfonamides is 1. The molecule has 3 aromatic heterocycles. The summed E-state index contributed by atoms with van der Waals surface area (Å²) < 4.78 is 53.3. The highest BCUT2D eigenvalue weighted by Crippen LogP contribution is 2.43. The number of pyridine rings is 1. The summed E-state index contributed by atoms with van der Waals surface area (Å²) in [6.45, 7) is 0. The quantitative estimate of drug-likeness (QED) is 0.209. The summed E-state index contributed by atoms with van der Waals surface area (Å²) >= 11 is 1.62. The number of furan rings is 1. The molecule has 0 bridgehead atoms. The Balaban J connectivity index is 1.64. The smallest absolute Gasteiger partial charge is 0.255 e. The second-order valence-corrected chi connectivity index (χ2v) is 13.0. The second kappa shape index (κ2) is 10.8. The summed E-state index contributed by atoms with van der Waals surface area (Å²) in [4.78, 5) is 18.9. The molecule has 0 radical (unpaired) electrons. The van der Waals surface area contributed by atoms with Gasteiger partial charge in [-0.05, 0) is 59.5 Å². The Kier molecular flexibility index (Phi) is 7.15. The number of carbonyl (C=O) groups is 1. The normalized spacial score (nSPS) is 11.7. The number of aromatic nitrogens is 1. The molecule has 0 atom stereocenters. The average Bonchev–Trinajstić information content (AvgIpc) is 3.61. The van der Waals surface area contributed by atoms with Gasteiger partial charge in [-0.25, -0.2) is 17.8 Å². The first-order chi connectivity index (χ1) is 20.6. The van der Waals surface area contributed by atoms with Crippen LogP contribution in [0.5, 0.6) is 5.88 Å². The number of thiophene rings is 1. The highest BCUT2D eigenvalue weighted by Gasteiger charge is 2.27. The fourth-order valence-corrected chi connectivity index (χ4v) is 6.50. The minimum atomic E-state index is -3.72. The third-order valence-corrected chi connectivity index (χ3v) is 9.56. The lowest BCUT2D eigenvalue weighted by Gasteiger charge is -2.21. The van der Waals surface area contributed by atoms with Crippen molar-refractivity contribution in [2.45, 2.75) is 0 Å². The van der Waals surface area contributed by atoms with E-state index in [0.717, 1.165) is 31.1 Å². The van der Waals surface area contributed by atoms with Gasteiger partial charge in [0.25, 0.3) is 5.91 Å². The molecular weight excluding hydrogens is 590 g/mol. The summed E-state index contributed by atoms with van der Waals surface area (Å²) in [6, 6.07) is 22.7. The topological polar surface area (TPSA) is 102 Å². The van der Waals surface area contributed by atoms with Gasteiger partial charge in [-0.2, -0.15) is 0 Å². The molecule has 0 aliphatic heterocycles. The predicted octanol–water partition coefficient (Wildman–Crippen LogP) is 6.95. The van der Waals surface area contributed by atoms with Gasteiger partial charge in [0, 0.05) is 52.3 Å². The highest BCUT2D eigenvalue weighted by atomic mass is 32.2. The molecule has 0 aliphatic rings. The molecule has 0 fully saturated rings. The van der Waals surface area contributed by atoms with Gasteiger partial charge in [0.2, 0.25) is 15.9 Å². The molecule has 3 aromatic carbocycles. The van der Waals surface area contributed by atoms with Gasteiger partial charge in [-0.15, -0.1) is 11.3 Å². The third kappa shape index (κ3) is 5.21. The van der Waals surface area contributed by atoms with E-state index in [1.165, 1.54) is 45.5 Å². The zero-order valence-corrected chi connectivity index (χ0v) is 25.3. The molecule has 43 heavy (non-hydrogen) atoms. The lowest BCUT2D eigenvalue weighted by atomic mass is 10.00. The van der Waals surface area contributed by atoms with Crippen molar-refractivity contribution in [3.05, 3.63) is 90.2 Å². The molecule has 0 spiro atoms. The monoisotopic (exact) mass is 615 g/mol. The maximum atomic E-state index is 13.7. The largest absolute Gasteiger partial charge is 0.481 e. The Morgan fingerprint density at radius 1 is 1.02 bits per heavy atom. The lowest BCUT2D eigenvalue weighted by Crippen LogP contribution is -2.25. The average molecular weight is 616 g/mol. The Morgan fingerprint density at radius 3 is 2.44 bits per heavy atom. The van der Waals surface area contributed by atoms with Crippen LogP contribution < -0.4 is 14.4 Å². The first-order valence-electron chi connectivity index (χ1n) is 13.1. The highest BCUT2D eigenvalue weighted by molar-refractivity contribution is 7.92. The van der Waals surface area contributed by atoms with Crippen LogP contribution in [-0.4, -0.2) is 46.8 Å².